The van der Waals surface area contributed by atoms with Gasteiger partial charge in [0.15, 0.2) is 0 Å². The molecule has 0 aliphatic carbocycles. The number of aliphatic hydroxyl groups excluding tert-OH is 1. The van der Waals surface area contributed by atoms with Crippen molar-refractivity contribution < 1.29 is 19.8 Å². The van der Waals surface area contributed by atoms with Crippen LogP contribution in [0.1, 0.15) is 61.6 Å². The van der Waals surface area contributed by atoms with E-state index in [1.54, 1.807) is 12.1 Å². The highest BCUT2D eigenvalue weighted by Gasteiger charge is 2.47. The topological polar surface area (TPSA) is 77.8 Å². The van der Waals surface area contributed by atoms with Gasteiger partial charge in [0.25, 0.3) is 11.7 Å². The van der Waals surface area contributed by atoms with Crippen LogP contribution in [0.25, 0.3) is 5.76 Å². The van der Waals surface area contributed by atoms with E-state index in [-0.39, 0.29) is 22.5 Å². The van der Waals surface area contributed by atoms with Crippen LogP contribution < -0.4 is 4.90 Å². The van der Waals surface area contributed by atoms with Gasteiger partial charge in [0, 0.05) is 11.3 Å². The first-order chi connectivity index (χ1) is 16.5. The maximum absolute atomic E-state index is 13.4. The largest absolute Gasteiger partial charge is 0.508 e. The van der Waals surface area contributed by atoms with Gasteiger partial charge >= 0.3 is 0 Å². The molecular formula is C30H31NO4. The smallest absolute Gasteiger partial charge is 0.300 e. The van der Waals surface area contributed by atoms with Gasteiger partial charge in [-0.05, 0) is 71.3 Å². The normalized spacial score (nSPS) is 17.7. The Morgan fingerprint density at radius 2 is 1.57 bits per heavy atom. The molecule has 1 unspecified atom stereocenters. The molecule has 3 aromatic carbocycles. The summed E-state index contributed by atoms with van der Waals surface area (Å²) >= 11 is 0. The lowest BCUT2D eigenvalue weighted by molar-refractivity contribution is -0.132. The van der Waals surface area contributed by atoms with Crippen LogP contribution in [-0.4, -0.2) is 21.9 Å². The van der Waals surface area contributed by atoms with Crippen molar-refractivity contribution in [2.75, 3.05) is 4.90 Å². The van der Waals surface area contributed by atoms with Crippen molar-refractivity contribution in [1.82, 2.24) is 0 Å². The third-order valence-electron chi connectivity index (χ3n) is 6.63. The number of Topliss-reactive ketones (excluding diaryl/α,β-unsaturated/α-hetero) is 1. The quantitative estimate of drug-likeness (QED) is 0.271. The molecule has 4 rings (SSSR count). The number of phenols is 1. The monoisotopic (exact) mass is 469 g/mol. The van der Waals surface area contributed by atoms with E-state index in [0.29, 0.717) is 16.8 Å². The predicted octanol–water partition coefficient (Wildman–Crippen LogP) is 6.19. The fraction of sp³-hybridized carbons (Fsp3) is 0.267. The van der Waals surface area contributed by atoms with Gasteiger partial charge in [0.1, 0.15) is 11.5 Å². The molecule has 1 aliphatic heterocycles. The van der Waals surface area contributed by atoms with Crippen molar-refractivity contribution >= 4 is 23.1 Å². The zero-order valence-electron chi connectivity index (χ0n) is 20.8. The summed E-state index contributed by atoms with van der Waals surface area (Å²) in [6.45, 7) is 10.2. The zero-order valence-corrected chi connectivity index (χ0v) is 20.8. The first-order valence-electron chi connectivity index (χ1n) is 11.8. The van der Waals surface area contributed by atoms with Crippen molar-refractivity contribution in [3.63, 3.8) is 0 Å². The van der Waals surface area contributed by atoms with Crippen molar-refractivity contribution in [3.05, 3.63) is 100 Å². The zero-order chi connectivity index (χ0) is 25.5. The van der Waals surface area contributed by atoms with Crippen molar-refractivity contribution in [2.24, 2.45) is 0 Å². The maximum atomic E-state index is 13.4. The summed E-state index contributed by atoms with van der Waals surface area (Å²) in [6.07, 6.45) is 0.851. The number of anilines is 1. The molecule has 35 heavy (non-hydrogen) atoms. The van der Waals surface area contributed by atoms with E-state index < -0.39 is 17.7 Å². The number of amides is 1. The molecule has 1 aliphatic rings. The minimum atomic E-state index is -0.833. The van der Waals surface area contributed by atoms with E-state index >= 15 is 0 Å². The van der Waals surface area contributed by atoms with E-state index in [4.69, 9.17) is 0 Å². The van der Waals surface area contributed by atoms with Crippen LogP contribution in [-0.2, 0) is 21.4 Å². The first-order valence-corrected chi connectivity index (χ1v) is 11.8. The number of phenolic OH excluding ortho intramolecular Hbond substituents is 1. The lowest BCUT2D eigenvalue weighted by Gasteiger charge is -2.26. The van der Waals surface area contributed by atoms with Crippen LogP contribution in [0.3, 0.4) is 0 Å². The molecule has 1 heterocycles. The maximum Gasteiger partial charge on any atom is 0.300 e. The summed E-state index contributed by atoms with van der Waals surface area (Å²) in [4.78, 5) is 28.2. The molecule has 1 amide bonds. The highest BCUT2D eigenvalue weighted by Crippen LogP contribution is 2.43. The Morgan fingerprint density at radius 1 is 0.943 bits per heavy atom. The number of hydrogen-bond acceptors (Lipinski definition) is 4. The van der Waals surface area contributed by atoms with Gasteiger partial charge in [-0.15, -0.1) is 0 Å². The third kappa shape index (κ3) is 4.46. The van der Waals surface area contributed by atoms with Crippen LogP contribution in [0, 0.1) is 6.92 Å². The molecule has 5 heteroatoms. The van der Waals surface area contributed by atoms with Gasteiger partial charge in [0.2, 0.25) is 0 Å². The van der Waals surface area contributed by atoms with Crippen molar-refractivity contribution in [3.8, 4) is 5.75 Å². The summed E-state index contributed by atoms with van der Waals surface area (Å²) in [7, 11) is 0. The Morgan fingerprint density at radius 3 is 2.14 bits per heavy atom. The van der Waals surface area contributed by atoms with Crippen molar-refractivity contribution in [2.45, 2.75) is 52.5 Å². The second-order valence-corrected chi connectivity index (χ2v) is 10.1. The van der Waals surface area contributed by atoms with Gasteiger partial charge in [-0.3, -0.25) is 14.5 Å². The molecule has 2 N–H and O–H groups in total. The summed E-state index contributed by atoms with van der Waals surface area (Å²) in [5, 5.41) is 21.4. The minimum absolute atomic E-state index is 0.0365. The highest BCUT2D eigenvalue weighted by molar-refractivity contribution is 6.51. The molecule has 0 radical (unpaired) electrons. The number of nitrogens with zero attached hydrogens (tertiary/aromatic N) is 1. The molecule has 5 nitrogen and oxygen atoms in total. The van der Waals surface area contributed by atoms with Crippen LogP contribution in [0.5, 0.6) is 5.75 Å². The van der Waals surface area contributed by atoms with Crippen LogP contribution in [0.2, 0.25) is 0 Å². The number of ketones is 1. The summed E-state index contributed by atoms with van der Waals surface area (Å²) in [5.74, 6) is -1.55. The van der Waals surface area contributed by atoms with E-state index in [9.17, 15) is 19.8 Å². The molecule has 1 atom stereocenters. The second kappa shape index (κ2) is 9.06. The summed E-state index contributed by atoms with van der Waals surface area (Å²) in [6, 6.07) is 18.9. The third-order valence-corrected chi connectivity index (χ3v) is 6.63. The van der Waals surface area contributed by atoms with Crippen molar-refractivity contribution in [1.29, 1.82) is 0 Å². The molecular weight excluding hydrogens is 438 g/mol. The van der Waals surface area contributed by atoms with E-state index in [1.807, 2.05) is 56.3 Å². The predicted molar refractivity (Wildman–Crippen MR) is 139 cm³/mol. The number of benzene rings is 3. The standard InChI is InChI=1S/C30H31NO4/c1-6-19-8-13-22(14-9-19)31-26(20-10-15-23(32)16-11-20)25(28(34)29(31)35)27(33)24-17-21(30(3,4)5)12-7-18(24)2/h7-17,26,32-33H,6H2,1-5H3/b27-25+. The fourth-order valence-corrected chi connectivity index (χ4v) is 4.45. The average Bonchev–Trinajstić information content (AvgIpc) is 3.09. The summed E-state index contributed by atoms with van der Waals surface area (Å²) < 4.78 is 0. The number of rotatable bonds is 4. The Kier molecular flexibility index (Phi) is 6.28. The number of hydrogen-bond donors (Lipinski definition) is 2. The molecule has 0 saturated carbocycles. The van der Waals surface area contributed by atoms with Gasteiger partial charge in [-0.25, -0.2) is 0 Å². The Bertz CT molecular complexity index is 1310. The first kappa shape index (κ1) is 24.3. The highest BCUT2D eigenvalue weighted by atomic mass is 16.3. The number of aliphatic hydroxyl groups is 1. The number of carbonyl (C=O) groups is 2. The molecule has 1 fully saturated rings. The van der Waals surface area contributed by atoms with E-state index in [2.05, 4.69) is 20.8 Å². The fourth-order valence-electron chi connectivity index (χ4n) is 4.45. The lowest BCUT2D eigenvalue weighted by atomic mass is 9.84. The van der Waals surface area contributed by atoms with Gasteiger partial charge < -0.3 is 10.2 Å². The van der Waals surface area contributed by atoms with E-state index in [1.165, 1.54) is 17.0 Å². The van der Waals surface area contributed by atoms with Gasteiger partial charge in [0.05, 0.1) is 11.6 Å². The minimum Gasteiger partial charge on any atom is -0.508 e. The van der Waals surface area contributed by atoms with Gasteiger partial charge in [-0.2, -0.15) is 0 Å². The molecule has 180 valence electrons. The number of aryl methyl sites for hydroxylation is 2. The van der Waals surface area contributed by atoms with Gasteiger partial charge in [-0.1, -0.05) is 64.1 Å². The van der Waals surface area contributed by atoms with Crippen LogP contribution in [0.4, 0.5) is 5.69 Å². The Labute approximate surface area is 206 Å². The second-order valence-electron chi connectivity index (χ2n) is 10.1. The SMILES string of the molecule is CCc1ccc(N2C(=O)C(=O)/C(=C(/O)c3cc(C(C)(C)C)ccc3C)C2c2ccc(O)cc2)cc1. The Hall–Kier alpha value is -3.86. The van der Waals surface area contributed by atoms with E-state index in [0.717, 1.165) is 23.1 Å². The number of carbonyl (C=O) groups excluding carboxylic acids is 2. The van der Waals surface area contributed by atoms with Crippen LogP contribution in [0.15, 0.2) is 72.3 Å². The average molecular weight is 470 g/mol. The summed E-state index contributed by atoms with van der Waals surface area (Å²) in [5.41, 5.74) is 4.52. The molecule has 0 bridgehead atoms. The molecule has 1 saturated heterocycles. The molecule has 0 aromatic heterocycles. The lowest BCUT2D eigenvalue weighted by Crippen LogP contribution is -2.29. The number of aromatic hydroxyl groups is 1. The molecule has 0 spiro atoms. The molecule has 3 aromatic rings. The van der Waals surface area contributed by atoms with Crippen LogP contribution >= 0.6 is 0 Å². The Balaban J connectivity index is 1.95.